The second kappa shape index (κ2) is 6.09. The van der Waals surface area contributed by atoms with Crippen LogP contribution in [0.2, 0.25) is 0 Å². The first-order chi connectivity index (χ1) is 11.7. The second-order valence-corrected chi connectivity index (χ2v) is 5.90. The Morgan fingerprint density at radius 3 is 3.12 bits per heavy atom. The minimum absolute atomic E-state index is 0.111. The van der Waals surface area contributed by atoms with Crippen molar-refractivity contribution in [1.29, 1.82) is 0 Å². The van der Waals surface area contributed by atoms with Gasteiger partial charge >= 0.3 is 0 Å². The van der Waals surface area contributed by atoms with Crippen molar-refractivity contribution in [1.82, 2.24) is 20.0 Å². The Morgan fingerprint density at radius 1 is 1.42 bits per heavy atom. The van der Waals surface area contributed by atoms with Crippen LogP contribution >= 0.6 is 0 Å². The molecular formula is C17H18N4O3. The third-order valence-corrected chi connectivity index (χ3v) is 4.24. The van der Waals surface area contributed by atoms with Crippen molar-refractivity contribution in [3.8, 4) is 0 Å². The van der Waals surface area contributed by atoms with Crippen LogP contribution in [0, 0.1) is 0 Å². The Kier molecular flexibility index (Phi) is 3.78. The number of nitrogens with one attached hydrogen (secondary N) is 1. The van der Waals surface area contributed by atoms with Gasteiger partial charge in [-0.2, -0.15) is 4.98 Å². The predicted octanol–water partition coefficient (Wildman–Crippen LogP) is 2.34. The van der Waals surface area contributed by atoms with Crippen LogP contribution in [0.3, 0.4) is 0 Å². The highest BCUT2D eigenvalue weighted by Crippen LogP contribution is 2.27. The largest absolute Gasteiger partial charge is 0.368 e. The van der Waals surface area contributed by atoms with Crippen LogP contribution < -0.4 is 5.32 Å². The van der Waals surface area contributed by atoms with Crippen LogP contribution in [0.1, 0.15) is 41.0 Å². The Morgan fingerprint density at radius 2 is 2.29 bits per heavy atom. The van der Waals surface area contributed by atoms with Gasteiger partial charge in [0.25, 0.3) is 11.8 Å². The van der Waals surface area contributed by atoms with Gasteiger partial charge in [-0.3, -0.25) is 4.79 Å². The van der Waals surface area contributed by atoms with Gasteiger partial charge in [0.15, 0.2) is 5.82 Å². The number of aromatic nitrogens is 3. The fraction of sp³-hybridized carbons (Fsp3) is 0.353. The smallest absolute Gasteiger partial charge is 0.255 e. The molecule has 2 aromatic heterocycles. The van der Waals surface area contributed by atoms with Crippen molar-refractivity contribution in [3.05, 3.63) is 47.7 Å². The second-order valence-electron chi connectivity index (χ2n) is 5.90. The maximum Gasteiger partial charge on any atom is 0.255 e. The molecule has 1 amide bonds. The molecule has 24 heavy (non-hydrogen) atoms. The molecule has 4 rings (SSSR count). The lowest BCUT2D eigenvalue weighted by Crippen LogP contribution is -2.23. The Balaban J connectivity index is 1.46. The summed E-state index contributed by atoms with van der Waals surface area (Å²) in [5.41, 5.74) is 1.65. The number of amides is 1. The number of carbonyl (C=O) groups is 1. The lowest BCUT2D eigenvalue weighted by molar-refractivity contribution is 0.0835. The van der Waals surface area contributed by atoms with Gasteiger partial charge in [0.2, 0.25) is 0 Å². The number of hydrogen-bond acceptors (Lipinski definition) is 5. The third-order valence-electron chi connectivity index (χ3n) is 4.24. The lowest BCUT2D eigenvalue weighted by Gasteiger charge is -2.01. The van der Waals surface area contributed by atoms with Crippen molar-refractivity contribution in [2.45, 2.75) is 25.5 Å². The van der Waals surface area contributed by atoms with Crippen molar-refractivity contribution >= 4 is 16.8 Å². The molecule has 0 bridgehead atoms. The molecule has 7 nitrogen and oxygen atoms in total. The molecule has 1 atom stereocenters. The van der Waals surface area contributed by atoms with Crippen LogP contribution in [0.5, 0.6) is 0 Å². The molecule has 0 aliphatic carbocycles. The molecule has 3 aromatic rings. The summed E-state index contributed by atoms with van der Waals surface area (Å²) >= 11 is 0. The van der Waals surface area contributed by atoms with E-state index in [4.69, 9.17) is 9.26 Å². The molecule has 1 N–H and O–H groups in total. The van der Waals surface area contributed by atoms with Crippen molar-refractivity contribution in [2.75, 3.05) is 6.61 Å². The summed E-state index contributed by atoms with van der Waals surface area (Å²) in [6, 6.07) is 7.80. The van der Waals surface area contributed by atoms with Crippen molar-refractivity contribution in [2.24, 2.45) is 7.05 Å². The number of nitrogens with zero attached hydrogens (tertiary/aromatic N) is 3. The zero-order chi connectivity index (χ0) is 16.5. The summed E-state index contributed by atoms with van der Waals surface area (Å²) in [4.78, 5) is 16.8. The summed E-state index contributed by atoms with van der Waals surface area (Å²) in [5, 5.41) is 7.68. The van der Waals surface area contributed by atoms with Crippen LogP contribution in [0.15, 0.2) is 35.0 Å². The summed E-state index contributed by atoms with van der Waals surface area (Å²) < 4.78 is 12.7. The molecule has 0 saturated carbocycles. The van der Waals surface area contributed by atoms with Gasteiger partial charge < -0.3 is 19.1 Å². The monoisotopic (exact) mass is 326 g/mol. The van der Waals surface area contributed by atoms with E-state index in [1.165, 1.54) is 0 Å². The first-order valence-electron chi connectivity index (χ1n) is 7.99. The van der Waals surface area contributed by atoms with Crippen LogP contribution in [0.25, 0.3) is 10.9 Å². The number of rotatable bonds is 4. The average molecular weight is 326 g/mol. The van der Waals surface area contributed by atoms with Gasteiger partial charge in [-0.15, -0.1) is 0 Å². The molecule has 124 valence electrons. The van der Waals surface area contributed by atoms with Gasteiger partial charge in [0, 0.05) is 30.8 Å². The highest BCUT2D eigenvalue weighted by molar-refractivity contribution is 6.06. The number of fused-ring (bicyclic) bond motifs is 1. The summed E-state index contributed by atoms with van der Waals surface area (Å²) in [5.74, 6) is 0.784. The first kappa shape index (κ1) is 14.9. The van der Waals surface area contributed by atoms with E-state index in [0.717, 1.165) is 30.4 Å². The summed E-state index contributed by atoms with van der Waals surface area (Å²) in [6.45, 7) is 0.943. The Bertz CT molecular complexity index is 877. The number of hydrogen-bond donors (Lipinski definition) is 1. The van der Waals surface area contributed by atoms with E-state index in [2.05, 4.69) is 15.5 Å². The lowest BCUT2D eigenvalue weighted by atomic mass is 10.1. The molecule has 1 fully saturated rings. The zero-order valence-corrected chi connectivity index (χ0v) is 13.4. The molecule has 1 aromatic carbocycles. The minimum Gasteiger partial charge on any atom is -0.368 e. The van der Waals surface area contributed by atoms with Crippen LogP contribution in [-0.2, 0) is 18.3 Å². The van der Waals surface area contributed by atoms with E-state index in [-0.39, 0.29) is 18.6 Å². The fourth-order valence-corrected chi connectivity index (χ4v) is 3.02. The first-order valence-corrected chi connectivity index (χ1v) is 7.99. The molecule has 0 radical (unpaired) electrons. The van der Waals surface area contributed by atoms with Gasteiger partial charge in [-0.05, 0) is 18.9 Å². The number of aryl methyl sites for hydroxylation is 1. The van der Waals surface area contributed by atoms with Crippen molar-refractivity contribution < 1.29 is 14.1 Å². The fourth-order valence-electron chi connectivity index (χ4n) is 3.02. The summed E-state index contributed by atoms with van der Waals surface area (Å²) in [6.07, 6.45) is 3.61. The predicted molar refractivity (Wildman–Crippen MR) is 86.3 cm³/mol. The number of para-hydroxylation sites is 1. The Labute approximate surface area is 138 Å². The van der Waals surface area contributed by atoms with Crippen LogP contribution in [-0.4, -0.2) is 27.2 Å². The third kappa shape index (κ3) is 2.67. The summed E-state index contributed by atoms with van der Waals surface area (Å²) in [7, 11) is 1.92. The van der Waals surface area contributed by atoms with E-state index in [1.807, 2.05) is 42.1 Å². The molecule has 1 saturated heterocycles. The minimum atomic E-state index is -0.157. The molecule has 1 aliphatic heterocycles. The standard InChI is InChI=1S/C17H18N4O3/c1-21-10-12(11-5-2-3-6-13(11)21)16(22)18-9-15-19-17(24-20-15)14-7-4-8-23-14/h2-3,5-6,10,14H,4,7-9H2,1H3,(H,18,22). The van der Waals surface area contributed by atoms with Crippen molar-refractivity contribution in [3.63, 3.8) is 0 Å². The highest BCUT2D eigenvalue weighted by atomic mass is 16.5. The molecule has 1 aliphatic rings. The molecular weight excluding hydrogens is 308 g/mol. The van der Waals surface area contributed by atoms with Gasteiger partial charge in [0.05, 0.1) is 12.1 Å². The molecule has 3 heterocycles. The van der Waals surface area contributed by atoms with E-state index < -0.39 is 0 Å². The maximum absolute atomic E-state index is 12.5. The average Bonchev–Trinajstić information content (AvgIpc) is 3.33. The van der Waals surface area contributed by atoms with Crippen LogP contribution in [0.4, 0.5) is 0 Å². The molecule has 7 heteroatoms. The topological polar surface area (TPSA) is 82.2 Å². The van der Waals surface area contributed by atoms with Gasteiger partial charge in [0.1, 0.15) is 6.10 Å². The molecule has 1 unspecified atom stereocenters. The Hall–Kier alpha value is -2.67. The molecule has 0 spiro atoms. The van der Waals surface area contributed by atoms with Gasteiger partial charge in [-0.1, -0.05) is 23.4 Å². The highest BCUT2D eigenvalue weighted by Gasteiger charge is 2.24. The van der Waals surface area contributed by atoms with E-state index in [0.29, 0.717) is 17.3 Å². The normalized spacial score (nSPS) is 17.5. The van der Waals surface area contributed by atoms with E-state index in [1.54, 1.807) is 0 Å². The van der Waals surface area contributed by atoms with Gasteiger partial charge in [-0.25, -0.2) is 0 Å². The number of ether oxygens (including phenoxy) is 1. The van der Waals surface area contributed by atoms with E-state index in [9.17, 15) is 4.79 Å². The number of carbonyl (C=O) groups excluding carboxylic acids is 1. The zero-order valence-electron chi connectivity index (χ0n) is 13.4. The maximum atomic E-state index is 12.5. The SMILES string of the molecule is Cn1cc(C(=O)NCc2noc(C3CCCO3)n2)c2ccccc21. The quantitative estimate of drug-likeness (QED) is 0.796. The van der Waals surface area contributed by atoms with E-state index >= 15 is 0 Å². The number of benzene rings is 1.